The molecule has 0 fully saturated rings. The summed E-state index contributed by atoms with van der Waals surface area (Å²) in [5.74, 6) is -0.555. The molecule has 1 rings (SSSR count). The summed E-state index contributed by atoms with van der Waals surface area (Å²) >= 11 is 0. The van der Waals surface area contributed by atoms with Crippen molar-refractivity contribution < 1.29 is 14.7 Å². The highest BCUT2D eigenvalue weighted by Gasteiger charge is 2.08. The maximum atomic E-state index is 11.8. The monoisotopic (exact) mass is 291 g/mol. The third-order valence-electron chi connectivity index (χ3n) is 2.89. The van der Waals surface area contributed by atoms with Gasteiger partial charge in [0.2, 0.25) is 5.91 Å². The van der Waals surface area contributed by atoms with Gasteiger partial charge in [-0.1, -0.05) is 13.0 Å². The van der Waals surface area contributed by atoms with Crippen LogP contribution >= 0.6 is 0 Å². The predicted octanol–water partition coefficient (Wildman–Crippen LogP) is 1.80. The number of carbonyl (C=O) groups is 2. The average Bonchev–Trinajstić information content (AvgIpc) is 2.44. The number of hydrogen-bond acceptors (Lipinski definition) is 4. The van der Waals surface area contributed by atoms with Gasteiger partial charge in [0.25, 0.3) is 5.91 Å². The number of phenols is 1. The van der Waals surface area contributed by atoms with Crippen LogP contribution in [0.2, 0.25) is 0 Å². The largest absolute Gasteiger partial charge is 0.508 e. The molecule has 0 aliphatic heterocycles. The van der Waals surface area contributed by atoms with Crippen LogP contribution in [-0.2, 0) is 4.79 Å². The molecule has 0 heterocycles. The summed E-state index contributed by atoms with van der Waals surface area (Å²) in [6.07, 6.45) is 0.987. The number of rotatable bonds is 6. The Morgan fingerprint density at radius 2 is 2.10 bits per heavy atom. The fourth-order valence-electron chi connectivity index (χ4n) is 1.56. The molecule has 114 valence electrons. The van der Waals surface area contributed by atoms with Crippen LogP contribution in [0.1, 0.15) is 44.0 Å². The fraction of sp³-hybridized carbons (Fsp3) is 0.400. The molecule has 0 aliphatic rings. The second-order valence-electron chi connectivity index (χ2n) is 4.89. The van der Waals surface area contributed by atoms with E-state index in [1.54, 1.807) is 19.1 Å². The van der Waals surface area contributed by atoms with Gasteiger partial charge in [0.15, 0.2) is 0 Å². The lowest BCUT2D eigenvalue weighted by Crippen LogP contribution is -2.33. The third-order valence-corrected chi connectivity index (χ3v) is 2.89. The van der Waals surface area contributed by atoms with E-state index in [0.717, 1.165) is 6.42 Å². The second kappa shape index (κ2) is 8.04. The quantitative estimate of drug-likeness (QED) is 0.551. The molecule has 1 aromatic carbocycles. The van der Waals surface area contributed by atoms with E-state index in [4.69, 9.17) is 0 Å². The third kappa shape index (κ3) is 6.07. The van der Waals surface area contributed by atoms with Crippen molar-refractivity contribution in [3.63, 3.8) is 0 Å². The highest BCUT2D eigenvalue weighted by molar-refractivity contribution is 6.01. The number of hydrogen-bond donors (Lipinski definition) is 3. The number of nitrogens with zero attached hydrogens (tertiary/aromatic N) is 1. The van der Waals surface area contributed by atoms with Crippen LogP contribution in [0.4, 0.5) is 0 Å². The lowest BCUT2D eigenvalue weighted by Gasteiger charge is -2.11. The number of hydrazone groups is 1. The van der Waals surface area contributed by atoms with E-state index < -0.39 is 5.91 Å². The SMILES string of the molecule is CC[C@@H](C)NC(=O)C/C(C)=N\NC(=O)c1cccc(O)c1. The van der Waals surface area contributed by atoms with Crippen LogP contribution in [0.3, 0.4) is 0 Å². The molecule has 0 saturated heterocycles. The Morgan fingerprint density at radius 3 is 2.71 bits per heavy atom. The van der Waals surface area contributed by atoms with Gasteiger partial charge in [-0.25, -0.2) is 5.43 Å². The van der Waals surface area contributed by atoms with Crippen molar-refractivity contribution in [1.29, 1.82) is 0 Å². The zero-order chi connectivity index (χ0) is 15.8. The maximum absolute atomic E-state index is 11.8. The van der Waals surface area contributed by atoms with E-state index in [0.29, 0.717) is 11.3 Å². The first kappa shape index (κ1) is 16.7. The first-order valence-electron chi connectivity index (χ1n) is 6.84. The van der Waals surface area contributed by atoms with Gasteiger partial charge in [-0.3, -0.25) is 9.59 Å². The van der Waals surface area contributed by atoms with Gasteiger partial charge < -0.3 is 10.4 Å². The summed E-state index contributed by atoms with van der Waals surface area (Å²) in [6, 6.07) is 6.07. The minimum atomic E-state index is -0.437. The summed E-state index contributed by atoms with van der Waals surface area (Å²) in [4.78, 5) is 23.4. The number of carbonyl (C=O) groups excluding carboxylic acids is 2. The molecule has 0 radical (unpaired) electrons. The van der Waals surface area contributed by atoms with Crippen LogP contribution in [0.5, 0.6) is 5.75 Å². The lowest BCUT2D eigenvalue weighted by molar-refractivity contribution is -0.120. The molecule has 0 aliphatic carbocycles. The van der Waals surface area contributed by atoms with Gasteiger partial charge in [-0.05, 0) is 38.5 Å². The zero-order valence-electron chi connectivity index (χ0n) is 12.5. The minimum Gasteiger partial charge on any atom is -0.508 e. The van der Waals surface area contributed by atoms with E-state index in [1.165, 1.54) is 12.1 Å². The molecule has 1 atom stereocenters. The van der Waals surface area contributed by atoms with Crippen molar-refractivity contribution in [2.24, 2.45) is 5.10 Å². The van der Waals surface area contributed by atoms with Crippen LogP contribution < -0.4 is 10.7 Å². The van der Waals surface area contributed by atoms with Crippen molar-refractivity contribution >= 4 is 17.5 Å². The average molecular weight is 291 g/mol. The van der Waals surface area contributed by atoms with Gasteiger partial charge in [0.1, 0.15) is 5.75 Å². The Hall–Kier alpha value is -2.37. The Kier molecular flexibility index (Phi) is 6.39. The van der Waals surface area contributed by atoms with E-state index in [2.05, 4.69) is 15.8 Å². The standard InChI is InChI=1S/C15H21N3O3/c1-4-10(2)16-14(20)8-11(3)17-18-15(21)12-6-5-7-13(19)9-12/h5-7,9-10,19H,4,8H2,1-3H3,(H,16,20)(H,18,21)/b17-11-/t10-/m1/s1. The van der Waals surface area contributed by atoms with E-state index >= 15 is 0 Å². The summed E-state index contributed by atoms with van der Waals surface area (Å²) in [5.41, 5.74) is 3.16. The van der Waals surface area contributed by atoms with Crippen molar-refractivity contribution in [3.8, 4) is 5.75 Å². The first-order chi connectivity index (χ1) is 9.92. The van der Waals surface area contributed by atoms with Crippen molar-refractivity contribution in [2.75, 3.05) is 0 Å². The first-order valence-corrected chi connectivity index (χ1v) is 6.84. The Labute approximate surface area is 124 Å². The Balaban J connectivity index is 2.52. The molecular weight excluding hydrogens is 270 g/mol. The van der Waals surface area contributed by atoms with Crippen molar-refractivity contribution in [2.45, 2.75) is 39.7 Å². The number of aromatic hydroxyl groups is 1. The predicted molar refractivity (Wildman–Crippen MR) is 81.2 cm³/mol. The van der Waals surface area contributed by atoms with Gasteiger partial charge in [0, 0.05) is 17.3 Å². The minimum absolute atomic E-state index is 0.0104. The normalized spacial score (nSPS) is 12.6. The Morgan fingerprint density at radius 1 is 1.38 bits per heavy atom. The second-order valence-corrected chi connectivity index (χ2v) is 4.89. The molecule has 21 heavy (non-hydrogen) atoms. The van der Waals surface area contributed by atoms with E-state index in [9.17, 15) is 14.7 Å². The molecule has 1 aromatic rings. The summed E-state index contributed by atoms with van der Waals surface area (Å²) in [6.45, 7) is 5.58. The summed E-state index contributed by atoms with van der Waals surface area (Å²) in [5, 5.41) is 16.0. The topological polar surface area (TPSA) is 90.8 Å². The van der Waals surface area contributed by atoms with Gasteiger partial charge in [-0.15, -0.1) is 0 Å². The molecule has 2 amide bonds. The Bertz CT molecular complexity index is 541. The molecule has 0 saturated carbocycles. The lowest BCUT2D eigenvalue weighted by atomic mass is 10.2. The molecule has 3 N–H and O–H groups in total. The van der Waals surface area contributed by atoms with Crippen molar-refractivity contribution in [3.05, 3.63) is 29.8 Å². The smallest absolute Gasteiger partial charge is 0.271 e. The maximum Gasteiger partial charge on any atom is 0.271 e. The zero-order valence-corrected chi connectivity index (χ0v) is 12.5. The number of amides is 2. The van der Waals surface area contributed by atoms with E-state index in [-0.39, 0.29) is 24.1 Å². The molecular formula is C15H21N3O3. The highest BCUT2D eigenvalue weighted by Crippen LogP contribution is 2.10. The van der Waals surface area contributed by atoms with Gasteiger partial charge in [0.05, 0.1) is 6.42 Å². The van der Waals surface area contributed by atoms with Gasteiger partial charge in [-0.2, -0.15) is 5.10 Å². The number of nitrogens with one attached hydrogen (secondary N) is 2. The van der Waals surface area contributed by atoms with E-state index in [1.807, 2.05) is 13.8 Å². The number of phenolic OH excluding ortho intramolecular Hbond substituents is 1. The molecule has 6 nitrogen and oxygen atoms in total. The van der Waals surface area contributed by atoms with Crippen LogP contribution in [0, 0.1) is 0 Å². The molecule has 0 unspecified atom stereocenters. The number of benzene rings is 1. The molecule has 0 aromatic heterocycles. The van der Waals surface area contributed by atoms with Crippen LogP contribution in [0.15, 0.2) is 29.4 Å². The van der Waals surface area contributed by atoms with Crippen LogP contribution in [-0.4, -0.2) is 28.7 Å². The molecule has 0 bridgehead atoms. The summed E-state index contributed by atoms with van der Waals surface area (Å²) < 4.78 is 0. The van der Waals surface area contributed by atoms with Crippen LogP contribution in [0.25, 0.3) is 0 Å². The fourth-order valence-corrected chi connectivity index (χ4v) is 1.56. The molecule has 0 spiro atoms. The summed E-state index contributed by atoms with van der Waals surface area (Å²) in [7, 11) is 0. The van der Waals surface area contributed by atoms with Crippen molar-refractivity contribution in [1.82, 2.24) is 10.7 Å². The highest BCUT2D eigenvalue weighted by atomic mass is 16.3. The van der Waals surface area contributed by atoms with Gasteiger partial charge >= 0.3 is 0 Å². The molecule has 6 heteroatoms.